The molecule has 0 N–H and O–H groups in total. The second kappa shape index (κ2) is 4.69. The van der Waals surface area contributed by atoms with E-state index in [2.05, 4.69) is 77.2 Å². The van der Waals surface area contributed by atoms with E-state index in [1.807, 2.05) is 6.92 Å². The Hall–Kier alpha value is -1.42. The maximum absolute atomic E-state index is 4.70. The lowest BCUT2D eigenvalue weighted by Crippen LogP contribution is -1.89. The Morgan fingerprint density at radius 3 is 2.44 bits per heavy atom. The van der Waals surface area contributed by atoms with Crippen molar-refractivity contribution >= 4 is 33.4 Å². The highest BCUT2D eigenvalue weighted by molar-refractivity contribution is 14.1. The van der Waals surface area contributed by atoms with Gasteiger partial charge in [0.15, 0.2) is 0 Å². The molecule has 0 aliphatic heterocycles. The van der Waals surface area contributed by atoms with Crippen LogP contribution in [-0.4, -0.2) is 4.98 Å². The fourth-order valence-corrected chi connectivity index (χ4v) is 2.52. The highest BCUT2D eigenvalue weighted by Crippen LogP contribution is 2.27. The van der Waals surface area contributed by atoms with E-state index in [9.17, 15) is 0 Å². The van der Waals surface area contributed by atoms with Crippen molar-refractivity contribution in [2.75, 3.05) is 0 Å². The van der Waals surface area contributed by atoms with Gasteiger partial charge in [-0.05, 0) is 53.1 Å². The number of hydrogen-bond donors (Lipinski definition) is 0. The Kier molecular flexibility index (Phi) is 3.04. The van der Waals surface area contributed by atoms with E-state index in [1.54, 1.807) is 0 Å². The number of pyridine rings is 1. The molecule has 0 spiro atoms. The minimum Gasteiger partial charge on any atom is -0.252 e. The third kappa shape index (κ3) is 2.12. The zero-order valence-electron chi connectivity index (χ0n) is 10.0. The van der Waals surface area contributed by atoms with Crippen molar-refractivity contribution in [2.45, 2.75) is 6.92 Å². The van der Waals surface area contributed by atoms with Gasteiger partial charge in [0.1, 0.15) is 0 Å². The molecule has 0 aliphatic rings. The van der Waals surface area contributed by atoms with Gasteiger partial charge in [-0.2, -0.15) is 0 Å². The molecular weight excluding hydrogens is 333 g/mol. The predicted octanol–water partition coefficient (Wildman–Crippen LogP) is 4.81. The zero-order chi connectivity index (χ0) is 12.5. The molecule has 1 nitrogen and oxygen atoms in total. The summed E-state index contributed by atoms with van der Waals surface area (Å²) in [5.74, 6) is 0. The fraction of sp³-hybridized carbons (Fsp3) is 0.0625. The summed E-state index contributed by atoms with van der Waals surface area (Å²) in [7, 11) is 0. The number of fused-ring (bicyclic) bond motifs is 1. The lowest BCUT2D eigenvalue weighted by molar-refractivity contribution is 1.23. The van der Waals surface area contributed by atoms with Crippen LogP contribution in [0.5, 0.6) is 0 Å². The number of aromatic nitrogens is 1. The first kappa shape index (κ1) is 11.7. The predicted molar refractivity (Wildman–Crippen MR) is 84.6 cm³/mol. The van der Waals surface area contributed by atoms with Crippen molar-refractivity contribution in [3.63, 3.8) is 0 Å². The van der Waals surface area contributed by atoms with Gasteiger partial charge in [0, 0.05) is 20.2 Å². The minimum atomic E-state index is 1.06. The van der Waals surface area contributed by atoms with Gasteiger partial charge in [-0.15, -0.1) is 0 Å². The molecule has 18 heavy (non-hydrogen) atoms. The van der Waals surface area contributed by atoms with Crippen LogP contribution in [0.2, 0.25) is 0 Å². The molecule has 0 radical (unpaired) electrons. The van der Waals surface area contributed by atoms with Crippen LogP contribution in [0.15, 0.2) is 54.6 Å². The number of halogens is 1. The molecule has 0 aliphatic carbocycles. The summed E-state index contributed by atoms with van der Waals surface area (Å²) in [6.07, 6.45) is 0. The second-order valence-corrected chi connectivity index (χ2v) is 5.59. The first-order valence-electron chi connectivity index (χ1n) is 5.86. The summed E-state index contributed by atoms with van der Waals surface area (Å²) in [6, 6.07) is 19.0. The van der Waals surface area contributed by atoms with Gasteiger partial charge in [0.2, 0.25) is 0 Å². The zero-order valence-corrected chi connectivity index (χ0v) is 12.2. The van der Waals surface area contributed by atoms with E-state index in [4.69, 9.17) is 4.98 Å². The van der Waals surface area contributed by atoms with Crippen LogP contribution in [-0.2, 0) is 0 Å². The van der Waals surface area contributed by atoms with E-state index in [0.29, 0.717) is 0 Å². The van der Waals surface area contributed by atoms with Gasteiger partial charge in [-0.1, -0.05) is 36.4 Å². The molecule has 0 bridgehead atoms. The van der Waals surface area contributed by atoms with Gasteiger partial charge < -0.3 is 0 Å². The molecule has 0 fully saturated rings. The summed E-state index contributed by atoms with van der Waals surface area (Å²) in [4.78, 5) is 4.70. The fourth-order valence-electron chi connectivity index (χ4n) is 2.16. The Labute approximate surface area is 120 Å². The average Bonchev–Trinajstić information content (AvgIpc) is 2.38. The molecule has 0 amide bonds. The van der Waals surface area contributed by atoms with Crippen molar-refractivity contribution in [3.8, 4) is 11.3 Å². The first-order chi connectivity index (χ1) is 8.74. The Morgan fingerprint density at radius 2 is 1.67 bits per heavy atom. The van der Waals surface area contributed by atoms with Crippen LogP contribution in [0.3, 0.4) is 0 Å². The molecule has 2 heteroatoms. The number of aryl methyl sites for hydroxylation is 1. The molecule has 3 rings (SSSR count). The van der Waals surface area contributed by atoms with Crippen LogP contribution in [0.25, 0.3) is 22.0 Å². The lowest BCUT2D eigenvalue weighted by Gasteiger charge is -2.07. The van der Waals surface area contributed by atoms with E-state index >= 15 is 0 Å². The van der Waals surface area contributed by atoms with Gasteiger partial charge >= 0.3 is 0 Å². The Balaban J connectivity index is 2.31. The maximum atomic E-state index is 4.70. The van der Waals surface area contributed by atoms with Gasteiger partial charge in [-0.25, -0.2) is 0 Å². The number of nitrogens with zero attached hydrogens (tertiary/aromatic N) is 1. The average molecular weight is 345 g/mol. The smallest absolute Gasteiger partial charge is 0.0783 e. The standard InChI is InChI=1S/C16H12IN/c1-11-10-13-4-2-3-5-15(13)16(18-11)12-6-8-14(17)9-7-12/h2-10H,1H3. The van der Waals surface area contributed by atoms with Gasteiger partial charge in [0.05, 0.1) is 5.69 Å². The van der Waals surface area contributed by atoms with Crippen molar-refractivity contribution in [2.24, 2.45) is 0 Å². The summed E-state index contributed by atoms with van der Waals surface area (Å²) < 4.78 is 1.24. The molecule has 1 aromatic heterocycles. The van der Waals surface area contributed by atoms with Crippen LogP contribution < -0.4 is 0 Å². The second-order valence-electron chi connectivity index (χ2n) is 4.34. The largest absolute Gasteiger partial charge is 0.252 e. The highest BCUT2D eigenvalue weighted by atomic mass is 127. The molecule has 0 atom stereocenters. The molecule has 0 unspecified atom stereocenters. The van der Waals surface area contributed by atoms with Gasteiger partial charge in [-0.3, -0.25) is 4.98 Å². The van der Waals surface area contributed by atoms with Crippen LogP contribution >= 0.6 is 22.6 Å². The number of benzene rings is 2. The molecule has 0 saturated heterocycles. The van der Waals surface area contributed by atoms with Crippen LogP contribution in [0.1, 0.15) is 5.69 Å². The summed E-state index contributed by atoms with van der Waals surface area (Å²) in [5.41, 5.74) is 3.31. The summed E-state index contributed by atoms with van der Waals surface area (Å²) >= 11 is 2.32. The Morgan fingerprint density at radius 1 is 0.944 bits per heavy atom. The molecule has 88 valence electrons. The van der Waals surface area contributed by atoms with E-state index in [0.717, 1.165) is 11.4 Å². The van der Waals surface area contributed by atoms with Crippen molar-refractivity contribution in [1.29, 1.82) is 0 Å². The maximum Gasteiger partial charge on any atom is 0.0783 e. The summed E-state index contributed by atoms with van der Waals surface area (Å²) in [5, 5.41) is 2.46. The molecule has 1 heterocycles. The van der Waals surface area contributed by atoms with Crippen molar-refractivity contribution in [3.05, 3.63) is 63.9 Å². The van der Waals surface area contributed by atoms with Crippen LogP contribution in [0.4, 0.5) is 0 Å². The molecular formula is C16H12IN. The Bertz CT molecular complexity index is 702. The molecule has 3 aromatic rings. The minimum absolute atomic E-state index is 1.06. The highest BCUT2D eigenvalue weighted by Gasteiger charge is 2.06. The van der Waals surface area contributed by atoms with E-state index in [1.165, 1.54) is 19.9 Å². The topological polar surface area (TPSA) is 12.9 Å². The number of rotatable bonds is 1. The van der Waals surface area contributed by atoms with Crippen LogP contribution in [0, 0.1) is 10.5 Å². The van der Waals surface area contributed by atoms with E-state index < -0.39 is 0 Å². The third-order valence-corrected chi connectivity index (χ3v) is 3.71. The van der Waals surface area contributed by atoms with Crippen molar-refractivity contribution in [1.82, 2.24) is 4.98 Å². The van der Waals surface area contributed by atoms with Crippen molar-refractivity contribution < 1.29 is 0 Å². The lowest BCUT2D eigenvalue weighted by atomic mass is 10.0. The molecule has 0 saturated carbocycles. The van der Waals surface area contributed by atoms with Gasteiger partial charge in [0.25, 0.3) is 0 Å². The SMILES string of the molecule is Cc1cc2ccccc2c(-c2ccc(I)cc2)n1. The quantitative estimate of drug-likeness (QED) is 0.577. The number of hydrogen-bond acceptors (Lipinski definition) is 1. The third-order valence-electron chi connectivity index (χ3n) is 2.99. The normalized spacial score (nSPS) is 10.8. The monoisotopic (exact) mass is 345 g/mol. The van der Waals surface area contributed by atoms with E-state index in [-0.39, 0.29) is 0 Å². The molecule has 2 aromatic carbocycles. The summed E-state index contributed by atoms with van der Waals surface area (Å²) in [6.45, 7) is 2.04. The first-order valence-corrected chi connectivity index (χ1v) is 6.94.